The van der Waals surface area contributed by atoms with Crippen LogP contribution in [0.5, 0.6) is 5.75 Å². The highest BCUT2D eigenvalue weighted by Crippen LogP contribution is 2.27. The standard InChI is InChI=1S/C18H28BrN3O2/c1-13-11-21(12-14(2)22(13)9-8-20(3)4)18(23)15-6-7-17(24-5)16(19)10-15/h6-7,10,13-14H,8-9,11-12H2,1-5H3. The number of likely N-dealkylation sites (N-methyl/N-ethyl adjacent to an activating group) is 1. The van der Waals surface area contributed by atoms with Gasteiger partial charge in [-0.15, -0.1) is 0 Å². The van der Waals surface area contributed by atoms with Crippen molar-refractivity contribution in [2.75, 3.05) is 47.4 Å². The Hall–Kier alpha value is -1.11. The van der Waals surface area contributed by atoms with Gasteiger partial charge < -0.3 is 14.5 Å². The third-order valence-electron chi connectivity index (χ3n) is 4.59. The van der Waals surface area contributed by atoms with Gasteiger partial charge in [-0.2, -0.15) is 0 Å². The lowest BCUT2D eigenvalue weighted by atomic mass is 10.1. The Morgan fingerprint density at radius 2 is 1.92 bits per heavy atom. The molecule has 24 heavy (non-hydrogen) atoms. The first-order chi connectivity index (χ1) is 11.3. The van der Waals surface area contributed by atoms with E-state index < -0.39 is 0 Å². The second-order valence-electron chi connectivity index (χ2n) is 6.80. The lowest BCUT2D eigenvalue weighted by molar-refractivity contribution is 0.0283. The van der Waals surface area contributed by atoms with Gasteiger partial charge in [0.15, 0.2) is 0 Å². The van der Waals surface area contributed by atoms with Crippen molar-refractivity contribution < 1.29 is 9.53 Å². The minimum Gasteiger partial charge on any atom is -0.496 e. The maximum Gasteiger partial charge on any atom is 0.254 e. The molecule has 2 rings (SSSR count). The van der Waals surface area contributed by atoms with Crippen LogP contribution in [0, 0.1) is 0 Å². The van der Waals surface area contributed by atoms with E-state index >= 15 is 0 Å². The van der Waals surface area contributed by atoms with E-state index in [2.05, 4.69) is 53.7 Å². The van der Waals surface area contributed by atoms with Gasteiger partial charge >= 0.3 is 0 Å². The molecule has 0 spiro atoms. The number of nitrogens with zero attached hydrogens (tertiary/aromatic N) is 3. The molecule has 1 fully saturated rings. The molecule has 1 aliphatic rings. The van der Waals surface area contributed by atoms with Gasteiger partial charge in [0, 0.05) is 43.8 Å². The minimum atomic E-state index is 0.0873. The summed E-state index contributed by atoms with van der Waals surface area (Å²) in [6.45, 7) is 8.01. The van der Waals surface area contributed by atoms with Gasteiger partial charge in [0.1, 0.15) is 5.75 Å². The van der Waals surface area contributed by atoms with E-state index in [0.29, 0.717) is 17.6 Å². The van der Waals surface area contributed by atoms with Crippen molar-refractivity contribution in [3.05, 3.63) is 28.2 Å². The average Bonchev–Trinajstić information content (AvgIpc) is 2.52. The smallest absolute Gasteiger partial charge is 0.254 e. The molecule has 0 saturated carbocycles. The van der Waals surface area contributed by atoms with Crippen LogP contribution in [0.2, 0.25) is 0 Å². The molecular formula is C18H28BrN3O2. The second-order valence-corrected chi connectivity index (χ2v) is 7.65. The van der Waals surface area contributed by atoms with Crippen molar-refractivity contribution >= 4 is 21.8 Å². The Balaban J connectivity index is 2.06. The predicted molar refractivity (Wildman–Crippen MR) is 101 cm³/mol. The molecule has 0 bridgehead atoms. The molecule has 0 N–H and O–H groups in total. The quantitative estimate of drug-likeness (QED) is 0.764. The zero-order valence-corrected chi connectivity index (χ0v) is 16.8. The number of benzene rings is 1. The van der Waals surface area contributed by atoms with Crippen molar-refractivity contribution in [2.45, 2.75) is 25.9 Å². The van der Waals surface area contributed by atoms with Gasteiger partial charge in [0.05, 0.1) is 11.6 Å². The first-order valence-corrected chi connectivity index (χ1v) is 9.16. The molecule has 1 saturated heterocycles. The van der Waals surface area contributed by atoms with Crippen molar-refractivity contribution in [1.82, 2.24) is 14.7 Å². The van der Waals surface area contributed by atoms with Gasteiger partial charge in [-0.25, -0.2) is 0 Å². The van der Waals surface area contributed by atoms with Gasteiger partial charge in [-0.3, -0.25) is 9.69 Å². The molecule has 5 nitrogen and oxygen atoms in total. The molecule has 0 radical (unpaired) electrons. The van der Waals surface area contributed by atoms with E-state index in [1.807, 2.05) is 23.1 Å². The van der Waals surface area contributed by atoms with E-state index in [9.17, 15) is 4.79 Å². The maximum atomic E-state index is 12.9. The Labute approximate surface area is 153 Å². The fourth-order valence-electron chi connectivity index (χ4n) is 3.26. The summed E-state index contributed by atoms with van der Waals surface area (Å²) in [4.78, 5) is 19.5. The third kappa shape index (κ3) is 4.49. The van der Waals surface area contributed by atoms with Crippen LogP contribution >= 0.6 is 15.9 Å². The van der Waals surface area contributed by atoms with Crippen molar-refractivity contribution in [2.24, 2.45) is 0 Å². The number of methoxy groups -OCH3 is 1. The molecule has 1 aromatic rings. The van der Waals surface area contributed by atoms with Crippen LogP contribution in [-0.4, -0.2) is 80.1 Å². The summed E-state index contributed by atoms with van der Waals surface area (Å²) < 4.78 is 6.04. The summed E-state index contributed by atoms with van der Waals surface area (Å²) in [7, 11) is 5.81. The molecule has 1 aromatic carbocycles. The molecule has 1 amide bonds. The zero-order chi connectivity index (χ0) is 17.9. The van der Waals surface area contributed by atoms with E-state index in [-0.39, 0.29) is 5.91 Å². The van der Waals surface area contributed by atoms with E-state index in [4.69, 9.17) is 4.74 Å². The Kier molecular flexibility index (Phi) is 6.66. The molecule has 1 heterocycles. The SMILES string of the molecule is COc1ccc(C(=O)N2CC(C)N(CCN(C)C)C(C)C2)cc1Br. The molecule has 1 aliphatic heterocycles. The predicted octanol–water partition coefficient (Wildman–Crippen LogP) is 2.55. The molecule has 134 valence electrons. The summed E-state index contributed by atoms with van der Waals surface area (Å²) in [5, 5.41) is 0. The minimum absolute atomic E-state index is 0.0873. The molecule has 2 unspecified atom stereocenters. The van der Waals surface area contributed by atoms with E-state index in [1.54, 1.807) is 7.11 Å². The Morgan fingerprint density at radius 1 is 1.29 bits per heavy atom. The molecule has 6 heteroatoms. The third-order valence-corrected chi connectivity index (χ3v) is 5.21. The highest BCUT2D eigenvalue weighted by atomic mass is 79.9. The van der Waals surface area contributed by atoms with Gasteiger partial charge in [-0.1, -0.05) is 0 Å². The largest absolute Gasteiger partial charge is 0.496 e. The van der Waals surface area contributed by atoms with Crippen LogP contribution in [0.25, 0.3) is 0 Å². The average molecular weight is 398 g/mol. The fraction of sp³-hybridized carbons (Fsp3) is 0.611. The van der Waals surface area contributed by atoms with Crippen molar-refractivity contribution in [3.63, 3.8) is 0 Å². The Bertz CT molecular complexity index is 567. The maximum absolute atomic E-state index is 12.9. The van der Waals surface area contributed by atoms with Crippen LogP contribution in [0.3, 0.4) is 0 Å². The van der Waals surface area contributed by atoms with E-state index in [0.717, 1.165) is 36.4 Å². The summed E-state index contributed by atoms with van der Waals surface area (Å²) in [5.74, 6) is 0.825. The lowest BCUT2D eigenvalue weighted by Crippen LogP contribution is -2.59. The molecule has 0 aromatic heterocycles. The molecule has 2 atom stereocenters. The number of rotatable bonds is 5. The highest BCUT2D eigenvalue weighted by Gasteiger charge is 2.32. The van der Waals surface area contributed by atoms with Crippen molar-refractivity contribution in [3.8, 4) is 5.75 Å². The fourth-order valence-corrected chi connectivity index (χ4v) is 3.80. The number of piperazine rings is 1. The highest BCUT2D eigenvalue weighted by molar-refractivity contribution is 9.10. The number of amides is 1. The summed E-state index contributed by atoms with van der Waals surface area (Å²) >= 11 is 3.46. The van der Waals surface area contributed by atoms with Gasteiger partial charge in [-0.05, 0) is 62.1 Å². The molecule has 0 aliphatic carbocycles. The number of carbonyl (C=O) groups is 1. The Morgan fingerprint density at radius 3 is 2.42 bits per heavy atom. The van der Waals surface area contributed by atoms with E-state index in [1.165, 1.54) is 0 Å². The number of carbonyl (C=O) groups excluding carboxylic acids is 1. The summed E-state index contributed by atoms with van der Waals surface area (Å²) in [6, 6.07) is 6.23. The summed E-state index contributed by atoms with van der Waals surface area (Å²) in [5.41, 5.74) is 0.698. The first kappa shape index (κ1) is 19.2. The summed E-state index contributed by atoms with van der Waals surface area (Å²) in [6.07, 6.45) is 0. The first-order valence-electron chi connectivity index (χ1n) is 8.36. The topological polar surface area (TPSA) is 36.0 Å². The van der Waals surface area contributed by atoms with Crippen LogP contribution in [0.4, 0.5) is 0 Å². The number of ether oxygens (including phenoxy) is 1. The number of hydrogen-bond donors (Lipinski definition) is 0. The second kappa shape index (κ2) is 8.32. The van der Waals surface area contributed by atoms with Crippen LogP contribution < -0.4 is 4.74 Å². The van der Waals surface area contributed by atoms with Gasteiger partial charge in [0.2, 0.25) is 0 Å². The van der Waals surface area contributed by atoms with Crippen LogP contribution in [-0.2, 0) is 0 Å². The van der Waals surface area contributed by atoms with Crippen LogP contribution in [0.1, 0.15) is 24.2 Å². The van der Waals surface area contributed by atoms with Crippen molar-refractivity contribution in [1.29, 1.82) is 0 Å². The lowest BCUT2D eigenvalue weighted by Gasteiger charge is -2.44. The zero-order valence-electron chi connectivity index (χ0n) is 15.3. The molecular weight excluding hydrogens is 370 g/mol. The number of hydrogen-bond acceptors (Lipinski definition) is 4. The monoisotopic (exact) mass is 397 g/mol. The normalized spacial score (nSPS) is 22.0. The number of halogens is 1. The van der Waals surface area contributed by atoms with Gasteiger partial charge in [0.25, 0.3) is 5.91 Å². The van der Waals surface area contributed by atoms with Crippen LogP contribution in [0.15, 0.2) is 22.7 Å².